The van der Waals surface area contributed by atoms with Gasteiger partial charge in [0, 0.05) is 15.1 Å². The number of methoxy groups -OCH3 is 1. The lowest BCUT2D eigenvalue weighted by Crippen LogP contribution is -1.95. The van der Waals surface area contributed by atoms with Gasteiger partial charge in [-0.3, -0.25) is 5.43 Å². The van der Waals surface area contributed by atoms with Gasteiger partial charge in [-0.2, -0.15) is 5.10 Å². The third-order valence-corrected chi connectivity index (χ3v) is 3.78. The lowest BCUT2D eigenvalue weighted by Gasteiger charge is -2.08. The molecule has 0 aromatic heterocycles. The summed E-state index contributed by atoms with van der Waals surface area (Å²) in [7, 11) is 1.62. The lowest BCUT2D eigenvalue weighted by atomic mass is 10.2. The van der Waals surface area contributed by atoms with E-state index in [2.05, 4.69) is 42.4 Å². The first-order valence-corrected chi connectivity index (χ1v) is 7.64. The molecule has 0 aliphatic rings. The van der Waals surface area contributed by atoms with Gasteiger partial charge in [-0.1, -0.05) is 27.5 Å². The molecule has 0 amide bonds. The molecule has 1 N–H and O–H groups in total. The number of benzene rings is 2. The smallest absolute Gasteiger partial charge is 0.141 e. The first kappa shape index (κ1) is 15.4. The van der Waals surface area contributed by atoms with Gasteiger partial charge in [-0.25, -0.2) is 0 Å². The molecule has 0 unspecified atom stereocenters. The highest BCUT2D eigenvalue weighted by Gasteiger charge is 2.07. The Morgan fingerprint density at radius 1 is 1.20 bits per heavy atom. The van der Waals surface area contributed by atoms with Crippen LogP contribution in [0.1, 0.15) is 5.56 Å². The summed E-state index contributed by atoms with van der Waals surface area (Å²) in [5, 5.41) is 4.88. The molecular weight excluding hydrogens is 407 g/mol. The number of hydrogen-bond donors (Lipinski definition) is 1. The summed E-state index contributed by atoms with van der Waals surface area (Å²) in [5.41, 5.74) is 4.65. The SMILES string of the molecule is COc1c(Br)cc(Br)cc1/C=N/Nc1ccc(Cl)cc1. The first-order valence-electron chi connectivity index (χ1n) is 5.68. The van der Waals surface area contributed by atoms with Crippen LogP contribution in [0, 0.1) is 0 Å². The predicted octanol–water partition coefficient (Wildman–Crippen LogP) is 5.32. The zero-order valence-corrected chi connectivity index (χ0v) is 14.5. The van der Waals surface area contributed by atoms with Gasteiger partial charge in [0.05, 0.1) is 23.5 Å². The molecule has 0 atom stereocenters. The number of nitrogens with zero attached hydrogens (tertiary/aromatic N) is 1. The van der Waals surface area contributed by atoms with Crippen LogP contribution in [0.15, 0.2) is 50.4 Å². The van der Waals surface area contributed by atoms with Crippen molar-refractivity contribution in [3.05, 3.63) is 55.9 Å². The topological polar surface area (TPSA) is 33.6 Å². The fourth-order valence-corrected chi connectivity index (χ4v) is 3.14. The molecule has 2 rings (SSSR count). The number of rotatable bonds is 4. The average Bonchev–Trinajstić information content (AvgIpc) is 2.40. The Kier molecular flexibility index (Phi) is 5.46. The third kappa shape index (κ3) is 3.98. The molecule has 0 fully saturated rings. The predicted molar refractivity (Wildman–Crippen MR) is 91.1 cm³/mol. The van der Waals surface area contributed by atoms with Crippen LogP contribution in [0.4, 0.5) is 5.69 Å². The molecular formula is C14H11Br2ClN2O. The van der Waals surface area contributed by atoms with Gasteiger partial charge in [0.25, 0.3) is 0 Å². The molecule has 104 valence electrons. The number of halogens is 3. The van der Waals surface area contributed by atoms with E-state index >= 15 is 0 Å². The monoisotopic (exact) mass is 416 g/mol. The molecule has 20 heavy (non-hydrogen) atoms. The minimum atomic E-state index is 0.692. The van der Waals surface area contributed by atoms with Gasteiger partial charge in [0.15, 0.2) is 0 Å². The largest absolute Gasteiger partial charge is 0.495 e. The van der Waals surface area contributed by atoms with E-state index in [0.29, 0.717) is 5.02 Å². The second-order valence-corrected chi connectivity index (χ2v) is 6.09. The Bertz CT molecular complexity index is 630. The van der Waals surface area contributed by atoms with E-state index in [9.17, 15) is 0 Å². The van der Waals surface area contributed by atoms with Gasteiger partial charge in [-0.15, -0.1) is 0 Å². The maximum atomic E-state index is 5.82. The maximum Gasteiger partial charge on any atom is 0.141 e. The Morgan fingerprint density at radius 2 is 1.90 bits per heavy atom. The van der Waals surface area contributed by atoms with E-state index in [1.807, 2.05) is 24.3 Å². The zero-order chi connectivity index (χ0) is 14.5. The second kappa shape index (κ2) is 7.11. The summed E-state index contributed by atoms with van der Waals surface area (Å²) >= 11 is 12.7. The number of hydrogen-bond acceptors (Lipinski definition) is 3. The number of ether oxygens (including phenoxy) is 1. The minimum absolute atomic E-state index is 0.692. The molecule has 0 saturated heterocycles. The summed E-state index contributed by atoms with van der Waals surface area (Å²) < 4.78 is 7.15. The number of hydrazone groups is 1. The van der Waals surface area contributed by atoms with Gasteiger partial charge < -0.3 is 4.74 Å². The molecule has 3 nitrogen and oxygen atoms in total. The quantitative estimate of drug-likeness (QED) is 0.539. The van der Waals surface area contributed by atoms with Crippen LogP contribution in [0.3, 0.4) is 0 Å². The molecule has 0 spiro atoms. The van der Waals surface area contributed by atoms with Crippen molar-refractivity contribution in [2.45, 2.75) is 0 Å². The van der Waals surface area contributed by atoms with Crippen molar-refractivity contribution >= 4 is 55.4 Å². The Morgan fingerprint density at radius 3 is 2.55 bits per heavy atom. The fourth-order valence-electron chi connectivity index (χ4n) is 1.59. The van der Waals surface area contributed by atoms with E-state index in [0.717, 1.165) is 25.9 Å². The molecule has 0 radical (unpaired) electrons. The van der Waals surface area contributed by atoms with Crippen LogP contribution in [0.25, 0.3) is 0 Å². The van der Waals surface area contributed by atoms with Crippen LogP contribution in [-0.2, 0) is 0 Å². The Hall–Kier alpha value is -1.04. The molecule has 2 aromatic carbocycles. The van der Waals surface area contributed by atoms with Crippen molar-refractivity contribution in [3.8, 4) is 5.75 Å². The third-order valence-electron chi connectivity index (χ3n) is 2.48. The minimum Gasteiger partial charge on any atom is -0.495 e. The first-order chi connectivity index (χ1) is 9.60. The van der Waals surface area contributed by atoms with Crippen molar-refractivity contribution in [1.29, 1.82) is 0 Å². The molecule has 0 aliphatic carbocycles. The number of nitrogens with one attached hydrogen (secondary N) is 1. The van der Waals surface area contributed by atoms with Crippen molar-refractivity contribution in [2.24, 2.45) is 5.10 Å². The maximum absolute atomic E-state index is 5.82. The summed E-state index contributed by atoms with van der Waals surface area (Å²) in [6.07, 6.45) is 1.70. The molecule has 0 heterocycles. The van der Waals surface area contributed by atoms with E-state index < -0.39 is 0 Å². The van der Waals surface area contributed by atoms with Gasteiger partial charge in [0.1, 0.15) is 5.75 Å². The Balaban J connectivity index is 2.17. The Labute approximate surface area is 139 Å². The van der Waals surface area contributed by atoms with Crippen LogP contribution >= 0.6 is 43.5 Å². The molecule has 0 bridgehead atoms. The fraction of sp³-hybridized carbons (Fsp3) is 0.0714. The van der Waals surface area contributed by atoms with Crippen LogP contribution in [0.5, 0.6) is 5.75 Å². The summed E-state index contributed by atoms with van der Waals surface area (Å²) in [4.78, 5) is 0. The van der Waals surface area contributed by atoms with Crippen molar-refractivity contribution < 1.29 is 4.74 Å². The van der Waals surface area contributed by atoms with Crippen LogP contribution < -0.4 is 10.2 Å². The molecule has 0 aliphatic heterocycles. The second-order valence-electron chi connectivity index (χ2n) is 3.89. The van der Waals surface area contributed by atoms with Gasteiger partial charge in [0.2, 0.25) is 0 Å². The molecule has 2 aromatic rings. The molecule has 6 heteroatoms. The zero-order valence-electron chi connectivity index (χ0n) is 10.5. The lowest BCUT2D eigenvalue weighted by molar-refractivity contribution is 0.411. The number of anilines is 1. The van der Waals surface area contributed by atoms with Crippen molar-refractivity contribution in [1.82, 2.24) is 0 Å². The normalized spacial score (nSPS) is 10.8. The van der Waals surface area contributed by atoms with E-state index in [4.69, 9.17) is 16.3 Å². The van der Waals surface area contributed by atoms with Crippen LogP contribution in [0.2, 0.25) is 5.02 Å². The van der Waals surface area contributed by atoms with Crippen LogP contribution in [-0.4, -0.2) is 13.3 Å². The average molecular weight is 419 g/mol. The van der Waals surface area contributed by atoms with E-state index in [1.165, 1.54) is 0 Å². The summed E-state index contributed by atoms with van der Waals surface area (Å²) in [6, 6.07) is 11.2. The van der Waals surface area contributed by atoms with Crippen molar-refractivity contribution in [3.63, 3.8) is 0 Å². The van der Waals surface area contributed by atoms with Gasteiger partial charge in [-0.05, 0) is 52.3 Å². The highest BCUT2D eigenvalue weighted by Crippen LogP contribution is 2.31. The highest BCUT2D eigenvalue weighted by molar-refractivity contribution is 9.11. The molecule has 0 saturated carbocycles. The summed E-state index contributed by atoms with van der Waals surface area (Å²) in [6.45, 7) is 0. The standard InChI is InChI=1S/C14H11Br2ClN2O/c1-20-14-9(6-10(15)7-13(14)16)8-18-19-12-4-2-11(17)3-5-12/h2-8,19H,1H3/b18-8+. The van der Waals surface area contributed by atoms with Gasteiger partial charge >= 0.3 is 0 Å². The highest BCUT2D eigenvalue weighted by atomic mass is 79.9. The van der Waals surface area contributed by atoms with Crippen molar-refractivity contribution in [2.75, 3.05) is 12.5 Å². The van der Waals surface area contributed by atoms with E-state index in [-0.39, 0.29) is 0 Å². The van der Waals surface area contributed by atoms with E-state index in [1.54, 1.807) is 25.5 Å². The summed E-state index contributed by atoms with van der Waals surface area (Å²) in [5.74, 6) is 0.731.